The number of nitrogens with one attached hydrogen (secondary N) is 1. The van der Waals surface area contributed by atoms with Gasteiger partial charge in [0.25, 0.3) is 5.56 Å². The van der Waals surface area contributed by atoms with Gasteiger partial charge in [-0.2, -0.15) is 0 Å². The van der Waals surface area contributed by atoms with Gasteiger partial charge in [-0.15, -0.1) is 11.3 Å². The third kappa shape index (κ3) is 4.04. The van der Waals surface area contributed by atoms with Crippen LogP contribution in [0.5, 0.6) is 0 Å². The predicted molar refractivity (Wildman–Crippen MR) is 139 cm³/mol. The standard InChI is InChI=1S/C28H23N3O2S/c1-18-8-6-7-11-24(18)30-26(32)19(2)31-17-29-27-25(28(31)33)23(16-34-27)22-14-12-21(13-15-22)20-9-4-3-5-10-20/h3-17,19H,1-2H3,(H,30,32). The van der Waals surface area contributed by atoms with Gasteiger partial charge in [-0.25, -0.2) is 4.98 Å². The minimum Gasteiger partial charge on any atom is -0.324 e. The Morgan fingerprint density at radius 1 is 0.912 bits per heavy atom. The molecule has 34 heavy (non-hydrogen) atoms. The SMILES string of the molecule is Cc1ccccc1NC(=O)C(C)n1cnc2scc(-c3ccc(-c4ccccc4)cc3)c2c1=O. The molecule has 0 spiro atoms. The summed E-state index contributed by atoms with van der Waals surface area (Å²) in [6, 6.07) is 25.2. The second kappa shape index (κ2) is 9.08. The number of fused-ring (bicyclic) bond motifs is 1. The van der Waals surface area contributed by atoms with E-state index in [2.05, 4.69) is 34.6 Å². The van der Waals surface area contributed by atoms with Crippen molar-refractivity contribution in [1.29, 1.82) is 0 Å². The van der Waals surface area contributed by atoms with Gasteiger partial charge in [0.05, 0.1) is 11.7 Å². The van der Waals surface area contributed by atoms with Crippen molar-refractivity contribution in [1.82, 2.24) is 9.55 Å². The summed E-state index contributed by atoms with van der Waals surface area (Å²) in [6.45, 7) is 3.64. The van der Waals surface area contributed by atoms with E-state index < -0.39 is 6.04 Å². The van der Waals surface area contributed by atoms with E-state index in [1.165, 1.54) is 22.2 Å². The maximum atomic E-state index is 13.5. The number of thiophene rings is 1. The van der Waals surface area contributed by atoms with Gasteiger partial charge >= 0.3 is 0 Å². The number of aryl methyl sites for hydroxylation is 1. The summed E-state index contributed by atoms with van der Waals surface area (Å²) in [5.74, 6) is -0.262. The molecule has 3 aromatic carbocycles. The van der Waals surface area contributed by atoms with E-state index in [0.717, 1.165) is 33.5 Å². The summed E-state index contributed by atoms with van der Waals surface area (Å²) < 4.78 is 1.41. The second-order valence-electron chi connectivity index (χ2n) is 8.21. The first kappa shape index (κ1) is 21.8. The van der Waals surface area contributed by atoms with Crippen LogP contribution in [0.1, 0.15) is 18.5 Å². The van der Waals surface area contributed by atoms with Crippen LogP contribution in [0.25, 0.3) is 32.5 Å². The van der Waals surface area contributed by atoms with Gasteiger partial charge in [-0.3, -0.25) is 14.2 Å². The molecule has 6 heteroatoms. The number of benzene rings is 3. The van der Waals surface area contributed by atoms with Gasteiger partial charge < -0.3 is 5.32 Å². The highest BCUT2D eigenvalue weighted by Crippen LogP contribution is 2.32. The van der Waals surface area contributed by atoms with Gasteiger partial charge in [0.2, 0.25) is 5.91 Å². The lowest BCUT2D eigenvalue weighted by Crippen LogP contribution is -2.31. The van der Waals surface area contributed by atoms with E-state index in [1.54, 1.807) is 6.92 Å². The van der Waals surface area contributed by atoms with Crippen molar-refractivity contribution in [3.8, 4) is 22.3 Å². The first-order valence-electron chi connectivity index (χ1n) is 11.0. The molecule has 5 nitrogen and oxygen atoms in total. The number of aromatic nitrogens is 2. The Kier molecular flexibility index (Phi) is 5.82. The third-order valence-electron chi connectivity index (χ3n) is 6.02. The van der Waals surface area contributed by atoms with Crippen LogP contribution in [0.2, 0.25) is 0 Å². The first-order chi connectivity index (χ1) is 16.5. The lowest BCUT2D eigenvalue weighted by Gasteiger charge is -2.16. The monoisotopic (exact) mass is 465 g/mol. The summed E-state index contributed by atoms with van der Waals surface area (Å²) in [6.07, 6.45) is 1.46. The summed E-state index contributed by atoms with van der Waals surface area (Å²) in [7, 11) is 0. The zero-order valence-corrected chi connectivity index (χ0v) is 19.7. The van der Waals surface area contributed by atoms with Crippen molar-refractivity contribution in [2.45, 2.75) is 19.9 Å². The highest BCUT2D eigenvalue weighted by molar-refractivity contribution is 7.17. The molecule has 1 atom stereocenters. The molecule has 1 N–H and O–H groups in total. The first-order valence-corrected chi connectivity index (χ1v) is 11.9. The Balaban J connectivity index is 1.48. The zero-order chi connectivity index (χ0) is 23.7. The molecule has 5 rings (SSSR count). The molecular formula is C28H23N3O2S. The van der Waals surface area contributed by atoms with Crippen LogP contribution < -0.4 is 10.9 Å². The fourth-order valence-corrected chi connectivity index (χ4v) is 4.89. The number of carbonyl (C=O) groups excluding carboxylic acids is 1. The molecule has 0 saturated carbocycles. The van der Waals surface area contributed by atoms with Crippen molar-refractivity contribution >= 4 is 33.1 Å². The van der Waals surface area contributed by atoms with E-state index in [9.17, 15) is 9.59 Å². The maximum Gasteiger partial charge on any atom is 0.263 e. The van der Waals surface area contributed by atoms with Crippen molar-refractivity contribution in [3.05, 3.63) is 106 Å². The molecule has 1 unspecified atom stereocenters. The Morgan fingerprint density at radius 3 is 2.29 bits per heavy atom. The molecule has 5 aromatic rings. The number of hydrogen-bond donors (Lipinski definition) is 1. The molecule has 0 fully saturated rings. The number of nitrogens with zero attached hydrogens (tertiary/aromatic N) is 2. The van der Waals surface area contributed by atoms with Crippen molar-refractivity contribution in [3.63, 3.8) is 0 Å². The van der Waals surface area contributed by atoms with E-state index in [0.29, 0.717) is 10.2 Å². The number of hydrogen-bond acceptors (Lipinski definition) is 4. The molecule has 1 amide bonds. The van der Waals surface area contributed by atoms with Gasteiger partial charge in [0.15, 0.2) is 0 Å². The molecule has 2 heterocycles. The summed E-state index contributed by atoms with van der Waals surface area (Å²) in [5, 5.41) is 5.42. The van der Waals surface area contributed by atoms with Crippen LogP contribution in [-0.4, -0.2) is 15.5 Å². The quantitative estimate of drug-likeness (QED) is 0.331. The average Bonchev–Trinajstić information content (AvgIpc) is 3.31. The lowest BCUT2D eigenvalue weighted by atomic mass is 10.0. The zero-order valence-electron chi connectivity index (χ0n) is 18.9. The fraction of sp³-hybridized carbons (Fsp3) is 0.107. The smallest absolute Gasteiger partial charge is 0.263 e. The van der Waals surface area contributed by atoms with Gasteiger partial charge in [0.1, 0.15) is 10.9 Å². The largest absolute Gasteiger partial charge is 0.324 e. The topological polar surface area (TPSA) is 64.0 Å². The second-order valence-corrected chi connectivity index (χ2v) is 9.07. The van der Waals surface area contributed by atoms with E-state index in [1.807, 2.05) is 66.9 Å². The fourth-order valence-electron chi connectivity index (χ4n) is 3.98. The third-order valence-corrected chi connectivity index (χ3v) is 6.91. The van der Waals surface area contributed by atoms with Crippen molar-refractivity contribution in [2.24, 2.45) is 0 Å². The van der Waals surface area contributed by atoms with Crippen LogP contribution >= 0.6 is 11.3 Å². The van der Waals surface area contributed by atoms with Gasteiger partial charge in [-0.1, -0.05) is 72.8 Å². The van der Waals surface area contributed by atoms with Crippen LogP contribution in [0.4, 0.5) is 5.69 Å². The average molecular weight is 466 g/mol. The molecule has 0 aliphatic heterocycles. The minimum atomic E-state index is -0.711. The molecule has 0 radical (unpaired) electrons. The normalized spacial score (nSPS) is 11.9. The highest BCUT2D eigenvalue weighted by Gasteiger charge is 2.21. The number of carbonyl (C=O) groups is 1. The van der Waals surface area contributed by atoms with Crippen LogP contribution in [0, 0.1) is 6.92 Å². The summed E-state index contributed by atoms with van der Waals surface area (Å²) in [4.78, 5) is 31.6. The minimum absolute atomic E-state index is 0.221. The molecule has 168 valence electrons. The van der Waals surface area contributed by atoms with E-state index in [4.69, 9.17) is 0 Å². The Bertz CT molecular complexity index is 1540. The Hall–Kier alpha value is -4.03. The maximum absolute atomic E-state index is 13.5. The van der Waals surface area contributed by atoms with Crippen molar-refractivity contribution in [2.75, 3.05) is 5.32 Å². The van der Waals surface area contributed by atoms with E-state index in [-0.39, 0.29) is 11.5 Å². The number of para-hydroxylation sites is 1. The number of amides is 1. The Labute approximate surface area is 201 Å². The van der Waals surface area contributed by atoms with Crippen LogP contribution in [0.15, 0.2) is 95.4 Å². The van der Waals surface area contributed by atoms with Crippen LogP contribution in [0.3, 0.4) is 0 Å². The summed E-state index contributed by atoms with van der Waals surface area (Å²) in [5.41, 5.74) is 5.50. The lowest BCUT2D eigenvalue weighted by molar-refractivity contribution is -0.118. The van der Waals surface area contributed by atoms with Gasteiger partial charge in [-0.05, 0) is 42.2 Å². The number of anilines is 1. The molecule has 0 saturated heterocycles. The number of rotatable bonds is 5. The summed E-state index contributed by atoms with van der Waals surface area (Å²) >= 11 is 1.43. The molecule has 0 bridgehead atoms. The Morgan fingerprint density at radius 2 is 1.56 bits per heavy atom. The molecular weight excluding hydrogens is 442 g/mol. The van der Waals surface area contributed by atoms with E-state index >= 15 is 0 Å². The van der Waals surface area contributed by atoms with Crippen molar-refractivity contribution < 1.29 is 4.79 Å². The molecule has 0 aliphatic rings. The molecule has 0 aliphatic carbocycles. The molecule has 2 aromatic heterocycles. The van der Waals surface area contributed by atoms with Gasteiger partial charge in [0, 0.05) is 16.6 Å². The van der Waals surface area contributed by atoms with Crippen LogP contribution in [-0.2, 0) is 4.79 Å². The highest BCUT2D eigenvalue weighted by atomic mass is 32.1. The predicted octanol–water partition coefficient (Wildman–Crippen LogP) is 6.30.